The number of aromatic nitrogens is 2. The molecular weight excluding hydrogens is 374 g/mol. The topological polar surface area (TPSA) is 103 Å². The van der Waals surface area contributed by atoms with Crippen LogP contribution in [0.1, 0.15) is 31.7 Å². The molecule has 9 nitrogen and oxygen atoms in total. The van der Waals surface area contributed by atoms with Crippen LogP contribution in [0.4, 0.5) is 17.3 Å². The molecule has 29 heavy (non-hydrogen) atoms. The maximum absolute atomic E-state index is 11.8. The number of nitrogens with zero attached hydrogens (tertiary/aromatic N) is 4. The van der Waals surface area contributed by atoms with E-state index >= 15 is 0 Å². The van der Waals surface area contributed by atoms with Crippen molar-refractivity contribution < 1.29 is 14.4 Å². The van der Waals surface area contributed by atoms with Crippen molar-refractivity contribution in [2.45, 2.75) is 38.6 Å². The second-order valence-electron chi connectivity index (χ2n) is 7.06. The summed E-state index contributed by atoms with van der Waals surface area (Å²) in [6.07, 6.45) is 5.18. The second-order valence-corrected chi connectivity index (χ2v) is 7.06. The van der Waals surface area contributed by atoms with Gasteiger partial charge in [0, 0.05) is 19.1 Å². The quantitative estimate of drug-likeness (QED) is 0.530. The number of anilines is 2. The normalized spacial score (nSPS) is 16.4. The lowest BCUT2D eigenvalue weighted by Crippen LogP contribution is -2.38. The van der Waals surface area contributed by atoms with E-state index in [0.717, 1.165) is 31.4 Å². The fraction of sp³-hybridized carbons (Fsp3) is 0.500. The summed E-state index contributed by atoms with van der Waals surface area (Å²) in [5.41, 5.74) is 0.963. The molecule has 1 unspecified atom stereocenters. The Morgan fingerprint density at radius 2 is 2.03 bits per heavy atom. The van der Waals surface area contributed by atoms with E-state index in [9.17, 15) is 10.1 Å². The Morgan fingerprint density at radius 1 is 1.24 bits per heavy atom. The number of nitrogens with one attached hydrogen (secondary N) is 1. The molecule has 0 bridgehead atoms. The lowest BCUT2D eigenvalue weighted by molar-refractivity contribution is -0.383. The summed E-state index contributed by atoms with van der Waals surface area (Å²) < 4.78 is 10.6. The first-order valence-corrected chi connectivity index (χ1v) is 9.76. The van der Waals surface area contributed by atoms with Gasteiger partial charge in [-0.3, -0.25) is 10.1 Å². The van der Waals surface area contributed by atoms with Crippen molar-refractivity contribution in [1.82, 2.24) is 9.97 Å². The van der Waals surface area contributed by atoms with Crippen LogP contribution >= 0.6 is 0 Å². The van der Waals surface area contributed by atoms with E-state index < -0.39 is 4.92 Å². The van der Waals surface area contributed by atoms with Gasteiger partial charge in [0.15, 0.2) is 11.5 Å². The molecule has 0 spiro atoms. The third kappa shape index (κ3) is 4.67. The molecule has 3 rings (SSSR count). The van der Waals surface area contributed by atoms with E-state index in [4.69, 9.17) is 9.47 Å². The second kappa shape index (κ2) is 9.40. The highest BCUT2D eigenvalue weighted by atomic mass is 16.6. The zero-order valence-corrected chi connectivity index (χ0v) is 17.1. The Labute approximate surface area is 170 Å². The van der Waals surface area contributed by atoms with E-state index in [1.54, 1.807) is 14.2 Å². The zero-order valence-electron chi connectivity index (χ0n) is 17.1. The molecule has 0 saturated carbocycles. The van der Waals surface area contributed by atoms with E-state index in [1.165, 1.54) is 6.33 Å². The number of methoxy groups -OCH3 is 2. The van der Waals surface area contributed by atoms with Crippen molar-refractivity contribution in [2.75, 3.05) is 37.5 Å². The Morgan fingerprint density at radius 3 is 2.72 bits per heavy atom. The van der Waals surface area contributed by atoms with E-state index in [0.29, 0.717) is 30.3 Å². The lowest BCUT2D eigenvalue weighted by atomic mass is 10.0. The predicted octanol–water partition coefficient (Wildman–Crippen LogP) is 3.44. The highest BCUT2D eigenvalue weighted by molar-refractivity contribution is 5.70. The van der Waals surface area contributed by atoms with Crippen LogP contribution in [0.2, 0.25) is 0 Å². The highest BCUT2D eigenvalue weighted by Crippen LogP contribution is 2.35. The van der Waals surface area contributed by atoms with E-state index in [-0.39, 0.29) is 17.5 Å². The monoisotopic (exact) mass is 401 g/mol. The number of hydrogen-bond donors (Lipinski definition) is 1. The molecule has 1 saturated heterocycles. The number of rotatable bonds is 8. The number of benzene rings is 1. The van der Waals surface area contributed by atoms with Crippen LogP contribution in [0.25, 0.3) is 0 Å². The average molecular weight is 401 g/mol. The molecule has 0 aliphatic carbocycles. The van der Waals surface area contributed by atoms with Gasteiger partial charge in [-0.15, -0.1) is 0 Å². The minimum absolute atomic E-state index is 0.0615. The van der Waals surface area contributed by atoms with Gasteiger partial charge in [-0.2, -0.15) is 0 Å². The molecule has 1 aliphatic rings. The minimum atomic E-state index is -0.393. The fourth-order valence-corrected chi connectivity index (χ4v) is 3.65. The van der Waals surface area contributed by atoms with Crippen LogP contribution in [-0.4, -0.2) is 48.2 Å². The first-order chi connectivity index (χ1) is 14.0. The molecule has 0 radical (unpaired) electrons. The smallest absolute Gasteiger partial charge is 0.353 e. The van der Waals surface area contributed by atoms with Crippen LogP contribution < -0.4 is 19.7 Å². The molecule has 156 valence electrons. The number of hydrogen-bond acceptors (Lipinski definition) is 8. The summed E-state index contributed by atoms with van der Waals surface area (Å²) in [6.45, 7) is 3.33. The highest BCUT2D eigenvalue weighted by Gasteiger charge is 2.30. The summed E-state index contributed by atoms with van der Waals surface area (Å²) >= 11 is 0. The van der Waals surface area contributed by atoms with Crippen molar-refractivity contribution in [3.8, 4) is 11.5 Å². The van der Waals surface area contributed by atoms with Gasteiger partial charge in [-0.05, 0) is 50.3 Å². The molecule has 1 aromatic heterocycles. The van der Waals surface area contributed by atoms with Crippen molar-refractivity contribution in [3.05, 3.63) is 40.2 Å². The molecule has 1 aliphatic heterocycles. The summed E-state index contributed by atoms with van der Waals surface area (Å²) in [4.78, 5) is 21.8. The molecule has 2 aromatic rings. The van der Waals surface area contributed by atoms with Gasteiger partial charge < -0.3 is 19.7 Å². The van der Waals surface area contributed by atoms with Crippen LogP contribution in [0.15, 0.2) is 24.5 Å². The van der Waals surface area contributed by atoms with Crippen LogP contribution in [-0.2, 0) is 6.42 Å². The van der Waals surface area contributed by atoms with Gasteiger partial charge in [-0.1, -0.05) is 6.07 Å². The Bertz CT molecular complexity index is 861. The molecule has 1 atom stereocenters. The minimum Gasteiger partial charge on any atom is -0.493 e. The van der Waals surface area contributed by atoms with Crippen molar-refractivity contribution in [3.63, 3.8) is 0 Å². The molecular formula is C20H27N5O4. The Kier molecular flexibility index (Phi) is 6.69. The van der Waals surface area contributed by atoms with Gasteiger partial charge in [0.25, 0.3) is 0 Å². The first kappa shape index (κ1) is 20.6. The third-order valence-electron chi connectivity index (χ3n) is 5.21. The molecule has 2 heterocycles. The lowest BCUT2D eigenvalue weighted by Gasteiger charge is -2.33. The maximum atomic E-state index is 11.8. The van der Waals surface area contributed by atoms with E-state index in [1.807, 2.05) is 23.1 Å². The zero-order chi connectivity index (χ0) is 20.8. The Balaban J connectivity index is 1.75. The van der Waals surface area contributed by atoms with Crippen molar-refractivity contribution in [1.29, 1.82) is 0 Å². The van der Waals surface area contributed by atoms with Gasteiger partial charge in [-0.25, -0.2) is 9.97 Å². The van der Waals surface area contributed by atoms with Gasteiger partial charge in [0.05, 0.1) is 19.1 Å². The number of nitro groups is 1. The largest absolute Gasteiger partial charge is 0.493 e. The summed E-state index contributed by atoms with van der Waals surface area (Å²) in [6, 6.07) is 5.91. The van der Waals surface area contributed by atoms with Gasteiger partial charge >= 0.3 is 5.69 Å². The van der Waals surface area contributed by atoms with Crippen LogP contribution in [0.3, 0.4) is 0 Å². The van der Waals surface area contributed by atoms with Crippen molar-refractivity contribution >= 4 is 17.3 Å². The number of piperidine rings is 1. The summed E-state index contributed by atoms with van der Waals surface area (Å²) in [5, 5.41) is 14.9. The van der Waals surface area contributed by atoms with Gasteiger partial charge in [0.1, 0.15) is 6.33 Å². The molecule has 9 heteroatoms. The molecule has 1 fully saturated rings. The maximum Gasteiger partial charge on any atom is 0.353 e. The summed E-state index contributed by atoms with van der Waals surface area (Å²) in [7, 11) is 3.18. The molecule has 1 N–H and O–H groups in total. The first-order valence-electron chi connectivity index (χ1n) is 9.76. The third-order valence-corrected chi connectivity index (χ3v) is 5.21. The average Bonchev–Trinajstić information content (AvgIpc) is 2.73. The SMILES string of the molecule is COc1ccc(CCNc2ncnc(N3CCCCC3C)c2[N+](=O)[O-])cc1OC. The van der Waals surface area contributed by atoms with Gasteiger partial charge in [0.2, 0.25) is 11.6 Å². The van der Waals surface area contributed by atoms with Crippen LogP contribution in [0, 0.1) is 10.1 Å². The van der Waals surface area contributed by atoms with Crippen molar-refractivity contribution in [2.24, 2.45) is 0 Å². The predicted molar refractivity (Wildman–Crippen MR) is 111 cm³/mol. The molecule has 1 aromatic carbocycles. The Hall–Kier alpha value is -3.10. The van der Waals surface area contributed by atoms with Crippen LogP contribution in [0.5, 0.6) is 11.5 Å². The van der Waals surface area contributed by atoms with E-state index in [2.05, 4.69) is 22.2 Å². The molecule has 0 amide bonds. The standard InChI is InChI=1S/C20H27N5O4/c1-14-6-4-5-11-24(14)20-18(25(26)27)19(22-13-23-20)21-10-9-15-7-8-16(28-2)17(12-15)29-3/h7-8,12-14H,4-6,9-11H2,1-3H3,(H,21,22,23). The fourth-order valence-electron chi connectivity index (χ4n) is 3.65. The number of ether oxygens (including phenoxy) is 2. The summed E-state index contributed by atoms with van der Waals surface area (Å²) in [5.74, 6) is 1.96.